The van der Waals surface area contributed by atoms with Gasteiger partial charge in [-0.15, -0.1) is 0 Å². The maximum atomic E-state index is 12.6. The smallest absolute Gasteiger partial charge is 0.274 e. The zero-order valence-electron chi connectivity index (χ0n) is 13.5. The van der Waals surface area contributed by atoms with E-state index in [-0.39, 0.29) is 11.8 Å². The van der Waals surface area contributed by atoms with Crippen LogP contribution in [0.2, 0.25) is 0 Å². The van der Waals surface area contributed by atoms with E-state index in [0.29, 0.717) is 31.6 Å². The maximum Gasteiger partial charge on any atom is 0.274 e. The number of carbonyl (C=O) groups is 2. The number of aromatic nitrogens is 2. The fraction of sp³-hybridized carbons (Fsp3) is 0.333. The standard InChI is InChI=1S/C18H18N4O2/c1-12-10-20-15(11-19-12)16(23)22-8-6-18(7-9-22)13-4-2-3-5-14(13)21-17(18)24/h2-5,10-11H,6-9H2,1H3,(H,21,24). The number of hydrogen-bond acceptors (Lipinski definition) is 4. The van der Waals surface area contributed by atoms with Crippen molar-refractivity contribution in [3.8, 4) is 0 Å². The van der Waals surface area contributed by atoms with Crippen LogP contribution in [0.25, 0.3) is 0 Å². The van der Waals surface area contributed by atoms with Gasteiger partial charge in [-0.2, -0.15) is 0 Å². The summed E-state index contributed by atoms with van der Waals surface area (Å²) in [6.45, 7) is 2.91. The molecule has 0 bridgehead atoms. The van der Waals surface area contributed by atoms with Crippen molar-refractivity contribution in [2.75, 3.05) is 18.4 Å². The minimum absolute atomic E-state index is 0.0472. The molecule has 2 aromatic rings. The van der Waals surface area contributed by atoms with Crippen LogP contribution in [0.1, 0.15) is 34.6 Å². The Labute approximate surface area is 139 Å². The third-order valence-electron chi connectivity index (χ3n) is 5.03. The Kier molecular flexibility index (Phi) is 3.33. The first-order valence-electron chi connectivity index (χ1n) is 8.09. The highest BCUT2D eigenvalue weighted by atomic mass is 16.2. The molecule has 2 amide bonds. The van der Waals surface area contributed by atoms with Crippen LogP contribution in [0.3, 0.4) is 0 Å². The molecule has 0 aliphatic carbocycles. The fourth-order valence-electron chi connectivity index (χ4n) is 3.63. The number of nitrogens with one attached hydrogen (secondary N) is 1. The van der Waals surface area contributed by atoms with Crippen molar-refractivity contribution in [3.05, 3.63) is 53.6 Å². The molecule has 1 aromatic heterocycles. The summed E-state index contributed by atoms with van der Waals surface area (Å²) < 4.78 is 0. The number of nitrogens with zero attached hydrogens (tertiary/aromatic N) is 3. The van der Waals surface area contributed by atoms with Crippen LogP contribution in [0.15, 0.2) is 36.7 Å². The number of carbonyl (C=O) groups excluding carboxylic acids is 2. The van der Waals surface area contributed by atoms with Crippen molar-refractivity contribution < 1.29 is 9.59 Å². The molecule has 0 radical (unpaired) electrons. The van der Waals surface area contributed by atoms with Crippen LogP contribution in [0, 0.1) is 6.92 Å². The van der Waals surface area contributed by atoms with Crippen molar-refractivity contribution >= 4 is 17.5 Å². The molecule has 24 heavy (non-hydrogen) atoms. The number of piperidine rings is 1. The number of para-hydroxylation sites is 1. The molecule has 1 spiro atoms. The predicted molar refractivity (Wildman–Crippen MR) is 88.7 cm³/mol. The predicted octanol–water partition coefficient (Wildman–Crippen LogP) is 1.91. The molecule has 0 atom stereocenters. The number of anilines is 1. The lowest BCUT2D eigenvalue weighted by atomic mass is 9.73. The summed E-state index contributed by atoms with van der Waals surface area (Å²) in [5.41, 5.74) is 2.58. The second-order valence-corrected chi connectivity index (χ2v) is 6.42. The third-order valence-corrected chi connectivity index (χ3v) is 5.03. The Morgan fingerprint density at radius 3 is 2.62 bits per heavy atom. The van der Waals surface area contributed by atoms with E-state index in [1.54, 1.807) is 11.1 Å². The van der Waals surface area contributed by atoms with Crippen molar-refractivity contribution in [1.82, 2.24) is 14.9 Å². The van der Waals surface area contributed by atoms with Gasteiger partial charge in [-0.1, -0.05) is 18.2 Å². The largest absolute Gasteiger partial charge is 0.337 e. The van der Waals surface area contributed by atoms with Crippen LogP contribution in [-0.4, -0.2) is 39.8 Å². The number of likely N-dealkylation sites (tertiary alicyclic amines) is 1. The molecule has 2 aliphatic heterocycles. The Bertz CT molecular complexity index is 808. The number of benzene rings is 1. The highest BCUT2D eigenvalue weighted by molar-refractivity contribution is 6.06. The summed E-state index contributed by atoms with van der Waals surface area (Å²) in [5.74, 6) is -0.0741. The molecule has 6 nitrogen and oxygen atoms in total. The van der Waals surface area contributed by atoms with Gasteiger partial charge in [0.25, 0.3) is 5.91 Å². The average Bonchev–Trinajstić information content (AvgIpc) is 2.88. The average molecular weight is 322 g/mol. The monoisotopic (exact) mass is 322 g/mol. The lowest BCUT2D eigenvalue weighted by Gasteiger charge is -2.37. The van der Waals surface area contributed by atoms with Gasteiger partial charge in [0, 0.05) is 25.0 Å². The van der Waals surface area contributed by atoms with Crippen molar-refractivity contribution in [1.29, 1.82) is 0 Å². The minimum Gasteiger partial charge on any atom is -0.337 e. The maximum absolute atomic E-state index is 12.6. The summed E-state index contributed by atoms with van der Waals surface area (Å²) in [4.78, 5) is 35.2. The summed E-state index contributed by atoms with van der Waals surface area (Å²) in [7, 11) is 0. The third kappa shape index (κ3) is 2.18. The topological polar surface area (TPSA) is 75.2 Å². The van der Waals surface area contributed by atoms with E-state index in [9.17, 15) is 9.59 Å². The first kappa shape index (κ1) is 14.8. The molecule has 1 saturated heterocycles. The van der Waals surface area contributed by atoms with Gasteiger partial charge in [0.05, 0.1) is 17.3 Å². The van der Waals surface area contributed by atoms with Gasteiger partial charge in [-0.3, -0.25) is 14.6 Å². The highest BCUT2D eigenvalue weighted by Crippen LogP contribution is 2.44. The number of aryl methyl sites for hydroxylation is 1. The zero-order valence-corrected chi connectivity index (χ0v) is 13.5. The van der Waals surface area contributed by atoms with E-state index in [1.807, 2.05) is 31.2 Å². The van der Waals surface area contributed by atoms with E-state index >= 15 is 0 Å². The molecule has 122 valence electrons. The summed E-state index contributed by atoms with van der Waals surface area (Å²) in [6.07, 6.45) is 4.36. The van der Waals surface area contributed by atoms with Gasteiger partial charge in [0.2, 0.25) is 5.91 Å². The molecule has 0 unspecified atom stereocenters. The van der Waals surface area contributed by atoms with Crippen LogP contribution in [0.4, 0.5) is 5.69 Å². The molecule has 2 aliphatic rings. The summed E-state index contributed by atoms with van der Waals surface area (Å²) >= 11 is 0. The number of fused-ring (bicyclic) bond motifs is 2. The van der Waals surface area contributed by atoms with E-state index in [4.69, 9.17) is 0 Å². The SMILES string of the molecule is Cc1cnc(C(=O)N2CCC3(CC2)C(=O)Nc2ccccc23)cn1. The number of rotatable bonds is 1. The lowest BCUT2D eigenvalue weighted by Crippen LogP contribution is -2.48. The first-order chi connectivity index (χ1) is 11.6. The van der Waals surface area contributed by atoms with Gasteiger partial charge in [-0.25, -0.2) is 4.98 Å². The lowest BCUT2D eigenvalue weighted by molar-refractivity contribution is -0.122. The second-order valence-electron chi connectivity index (χ2n) is 6.42. The summed E-state index contributed by atoms with van der Waals surface area (Å²) in [5, 5.41) is 2.98. The molecule has 1 N–H and O–H groups in total. The molecule has 6 heteroatoms. The van der Waals surface area contributed by atoms with E-state index in [1.165, 1.54) is 6.20 Å². The first-order valence-corrected chi connectivity index (χ1v) is 8.09. The van der Waals surface area contributed by atoms with Crippen LogP contribution >= 0.6 is 0 Å². The van der Waals surface area contributed by atoms with Crippen LogP contribution in [-0.2, 0) is 10.2 Å². The quantitative estimate of drug-likeness (QED) is 0.870. The normalized spacial score (nSPS) is 18.4. The van der Waals surface area contributed by atoms with Gasteiger partial charge in [0.15, 0.2) is 0 Å². The van der Waals surface area contributed by atoms with Gasteiger partial charge in [-0.05, 0) is 31.4 Å². The number of amides is 2. The van der Waals surface area contributed by atoms with Crippen LogP contribution < -0.4 is 5.32 Å². The second kappa shape index (κ2) is 5.40. The molecular weight excluding hydrogens is 304 g/mol. The Balaban J connectivity index is 1.54. The molecule has 1 fully saturated rings. The van der Waals surface area contributed by atoms with Gasteiger partial charge in [0.1, 0.15) is 5.69 Å². The van der Waals surface area contributed by atoms with E-state index in [0.717, 1.165) is 16.9 Å². The van der Waals surface area contributed by atoms with Crippen molar-refractivity contribution in [2.45, 2.75) is 25.2 Å². The fourth-order valence-corrected chi connectivity index (χ4v) is 3.63. The molecule has 4 rings (SSSR count). The molecular formula is C18H18N4O2. The van der Waals surface area contributed by atoms with Crippen molar-refractivity contribution in [3.63, 3.8) is 0 Å². The van der Waals surface area contributed by atoms with Gasteiger partial charge >= 0.3 is 0 Å². The molecule has 0 saturated carbocycles. The zero-order chi connectivity index (χ0) is 16.7. The molecule has 1 aromatic carbocycles. The summed E-state index contributed by atoms with van der Waals surface area (Å²) in [6, 6.07) is 7.82. The van der Waals surface area contributed by atoms with E-state index in [2.05, 4.69) is 15.3 Å². The highest BCUT2D eigenvalue weighted by Gasteiger charge is 2.48. The van der Waals surface area contributed by atoms with Crippen LogP contribution in [0.5, 0.6) is 0 Å². The van der Waals surface area contributed by atoms with Crippen molar-refractivity contribution in [2.24, 2.45) is 0 Å². The van der Waals surface area contributed by atoms with E-state index < -0.39 is 5.41 Å². The Morgan fingerprint density at radius 2 is 1.92 bits per heavy atom. The minimum atomic E-state index is -0.508. The molecule has 3 heterocycles. The van der Waals surface area contributed by atoms with Gasteiger partial charge < -0.3 is 10.2 Å². The Morgan fingerprint density at radius 1 is 1.17 bits per heavy atom. The Hall–Kier alpha value is -2.76. The number of hydrogen-bond donors (Lipinski definition) is 1.